The summed E-state index contributed by atoms with van der Waals surface area (Å²) in [7, 11) is 0. The van der Waals surface area contributed by atoms with Gasteiger partial charge in [0.15, 0.2) is 0 Å². The highest BCUT2D eigenvalue weighted by Crippen LogP contribution is 1.87. The number of esters is 2. The Bertz CT molecular complexity index is 292. The molecule has 0 aromatic heterocycles. The number of ether oxygens (including phenoxy) is 2. The predicted octanol–water partition coefficient (Wildman–Crippen LogP) is -0.0505. The monoisotopic (exact) mass is 198 g/mol. The molecule has 0 aromatic rings. The Morgan fingerprint density at radius 1 is 1.43 bits per heavy atom. The molecule has 0 aromatic carbocycles. The number of nitrogens with zero attached hydrogens (tertiary/aromatic N) is 2. The Hall–Kier alpha value is -1.94. The van der Waals surface area contributed by atoms with Crippen LogP contribution in [-0.4, -0.2) is 35.7 Å². The van der Waals surface area contributed by atoms with Crippen molar-refractivity contribution in [1.29, 1.82) is 0 Å². The van der Waals surface area contributed by atoms with Crippen LogP contribution in [0.2, 0.25) is 0 Å². The summed E-state index contributed by atoms with van der Waals surface area (Å²) in [6, 6.07) is 0. The average molecular weight is 198 g/mol. The van der Waals surface area contributed by atoms with Gasteiger partial charge in [-0.2, -0.15) is 4.79 Å². The molecule has 0 aliphatic heterocycles. The van der Waals surface area contributed by atoms with E-state index in [0.717, 1.165) is 0 Å². The van der Waals surface area contributed by atoms with Crippen molar-refractivity contribution in [3.63, 3.8) is 0 Å². The van der Waals surface area contributed by atoms with Gasteiger partial charge in [0, 0.05) is 0 Å². The fraction of sp³-hybridized carbons (Fsp3) is 0.375. The van der Waals surface area contributed by atoms with Crippen LogP contribution in [0.4, 0.5) is 0 Å². The Balaban J connectivity index is 4.42. The van der Waals surface area contributed by atoms with Gasteiger partial charge in [-0.3, -0.25) is 0 Å². The van der Waals surface area contributed by atoms with Crippen LogP contribution in [0.1, 0.15) is 6.92 Å². The van der Waals surface area contributed by atoms with Gasteiger partial charge in [0.1, 0.15) is 6.61 Å². The molecule has 6 heteroatoms. The first-order valence-corrected chi connectivity index (χ1v) is 3.84. The van der Waals surface area contributed by atoms with E-state index in [-0.39, 0.29) is 13.2 Å². The van der Waals surface area contributed by atoms with Gasteiger partial charge in [-0.05, 0) is 6.92 Å². The Morgan fingerprint density at radius 2 is 2.00 bits per heavy atom. The Kier molecular flexibility index (Phi) is 5.65. The lowest BCUT2D eigenvalue weighted by Gasteiger charge is -1.97. The van der Waals surface area contributed by atoms with Gasteiger partial charge in [0.25, 0.3) is 0 Å². The number of carbonyl (C=O) groups excluding carboxylic acids is 2. The molecule has 0 N–H and O–H groups in total. The van der Waals surface area contributed by atoms with Crippen LogP contribution in [0.5, 0.6) is 0 Å². The van der Waals surface area contributed by atoms with Crippen LogP contribution in [0.15, 0.2) is 12.7 Å². The zero-order valence-corrected chi connectivity index (χ0v) is 7.73. The largest absolute Gasteiger partial charge is 0.482 e. The van der Waals surface area contributed by atoms with Crippen molar-refractivity contribution >= 4 is 17.7 Å². The second-order valence-corrected chi connectivity index (χ2v) is 2.06. The number of rotatable bonds is 5. The molecule has 0 amide bonds. The van der Waals surface area contributed by atoms with Gasteiger partial charge in [-0.1, -0.05) is 12.7 Å². The van der Waals surface area contributed by atoms with Crippen molar-refractivity contribution < 1.29 is 23.9 Å². The summed E-state index contributed by atoms with van der Waals surface area (Å²) < 4.78 is 8.90. The van der Waals surface area contributed by atoms with Crippen LogP contribution in [0.25, 0.3) is 5.53 Å². The van der Waals surface area contributed by atoms with E-state index >= 15 is 0 Å². The summed E-state index contributed by atoms with van der Waals surface area (Å²) in [4.78, 5) is 24.4. The zero-order chi connectivity index (χ0) is 11.0. The smallest absolute Gasteiger partial charge is 0.457 e. The molecule has 0 rings (SSSR count). The molecular weight excluding hydrogens is 188 g/mol. The Morgan fingerprint density at radius 3 is 2.43 bits per heavy atom. The summed E-state index contributed by atoms with van der Waals surface area (Å²) in [5.41, 5.74) is 7.57. The lowest BCUT2D eigenvalue weighted by atomic mass is 10.4. The molecule has 0 aliphatic carbocycles. The van der Waals surface area contributed by atoms with Crippen LogP contribution in [0, 0.1) is 0 Å². The van der Waals surface area contributed by atoms with Gasteiger partial charge < -0.3 is 15.0 Å². The third-order valence-electron chi connectivity index (χ3n) is 1.09. The van der Waals surface area contributed by atoms with E-state index < -0.39 is 17.7 Å². The third kappa shape index (κ3) is 3.64. The molecule has 6 nitrogen and oxygen atoms in total. The minimum absolute atomic E-state index is 0.0722. The maximum absolute atomic E-state index is 11.0. The fourth-order valence-corrected chi connectivity index (χ4v) is 0.567. The minimum atomic E-state index is -1.05. The van der Waals surface area contributed by atoms with Crippen molar-refractivity contribution in [2.75, 3.05) is 13.2 Å². The molecular formula is C8H10N2O4. The summed E-state index contributed by atoms with van der Waals surface area (Å²) in [5.74, 6) is -2.07. The van der Waals surface area contributed by atoms with Crippen molar-refractivity contribution in [1.82, 2.24) is 0 Å². The molecule has 0 radical (unpaired) electrons. The van der Waals surface area contributed by atoms with Crippen LogP contribution in [-0.2, 0) is 19.1 Å². The normalized spacial score (nSPS) is 8.36. The van der Waals surface area contributed by atoms with Gasteiger partial charge in [-0.25, -0.2) is 9.59 Å². The summed E-state index contributed by atoms with van der Waals surface area (Å²) in [5, 5.41) is 0. The molecule has 0 aliphatic rings. The molecule has 0 fully saturated rings. The molecule has 76 valence electrons. The van der Waals surface area contributed by atoms with Gasteiger partial charge in [0.2, 0.25) is 0 Å². The van der Waals surface area contributed by atoms with Crippen molar-refractivity contribution in [2.45, 2.75) is 6.92 Å². The molecule has 0 saturated heterocycles. The quantitative estimate of drug-likeness (QED) is 0.155. The highest BCUT2D eigenvalue weighted by Gasteiger charge is 2.32. The van der Waals surface area contributed by atoms with Crippen molar-refractivity contribution in [3.05, 3.63) is 18.2 Å². The van der Waals surface area contributed by atoms with Crippen LogP contribution >= 0.6 is 0 Å². The topological polar surface area (TPSA) is 89.0 Å². The maximum atomic E-state index is 11.0. The third-order valence-corrected chi connectivity index (χ3v) is 1.09. The first-order valence-electron chi connectivity index (χ1n) is 3.84. The molecule has 0 atom stereocenters. The first-order chi connectivity index (χ1) is 6.67. The van der Waals surface area contributed by atoms with E-state index in [1.807, 2.05) is 0 Å². The number of hydrogen-bond acceptors (Lipinski definition) is 4. The van der Waals surface area contributed by atoms with Crippen molar-refractivity contribution in [3.8, 4) is 0 Å². The van der Waals surface area contributed by atoms with Crippen molar-refractivity contribution in [2.24, 2.45) is 0 Å². The SMILES string of the molecule is C=CCOC(=O)C(=[N+]=[N-])C(=O)OCC. The summed E-state index contributed by atoms with van der Waals surface area (Å²) >= 11 is 0. The van der Waals surface area contributed by atoms with Crippen LogP contribution in [0.3, 0.4) is 0 Å². The lowest BCUT2D eigenvalue weighted by molar-refractivity contribution is -0.148. The van der Waals surface area contributed by atoms with Gasteiger partial charge in [-0.15, -0.1) is 0 Å². The summed E-state index contributed by atoms with van der Waals surface area (Å²) in [6.45, 7) is 4.86. The molecule has 14 heavy (non-hydrogen) atoms. The van der Waals surface area contributed by atoms with E-state index in [1.54, 1.807) is 6.92 Å². The van der Waals surface area contributed by atoms with E-state index in [1.165, 1.54) is 6.08 Å². The van der Waals surface area contributed by atoms with Gasteiger partial charge >= 0.3 is 17.7 Å². The van der Waals surface area contributed by atoms with Crippen LogP contribution < -0.4 is 0 Å². The average Bonchev–Trinajstić information content (AvgIpc) is 2.16. The molecule has 0 heterocycles. The zero-order valence-electron chi connectivity index (χ0n) is 7.73. The molecule has 0 saturated carbocycles. The molecule has 0 spiro atoms. The second kappa shape index (κ2) is 6.56. The van der Waals surface area contributed by atoms with E-state index in [9.17, 15) is 9.59 Å². The summed E-state index contributed by atoms with van der Waals surface area (Å²) in [6.07, 6.45) is 1.32. The van der Waals surface area contributed by atoms with Gasteiger partial charge in [0.05, 0.1) is 6.61 Å². The minimum Gasteiger partial charge on any atom is -0.457 e. The highest BCUT2D eigenvalue weighted by molar-refractivity contribution is 6.60. The van der Waals surface area contributed by atoms with E-state index in [4.69, 9.17) is 5.53 Å². The number of carbonyl (C=O) groups is 2. The van der Waals surface area contributed by atoms with E-state index in [0.29, 0.717) is 0 Å². The van der Waals surface area contributed by atoms with E-state index in [2.05, 4.69) is 20.8 Å². The molecule has 0 bridgehead atoms. The fourth-order valence-electron chi connectivity index (χ4n) is 0.567. The maximum Gasteiger partial charge on any atom is 0.482 e. The second-order valence-electron chi connectivity index (χ2n) is 2.06. The Labute approximate surface area is 80.7 Å². The highest BCUT2D eigenvalue weighted by atomic mass is 16.6. The standard InChI is InChI=1S/C8H10N2O4/c1-3-5-14-8(12)6(10-9)7(11)13-4-2/h3H,1,4-5H2,2H3. The lowest BCUT2D eigenvalue weighted by Crippen LogP contribution is -2.29. The number of hydrogen-bond donors (Lipinski definition) is 0. The molecule has 0 unspecified atom stereocenters. The first kappa shape index (κ1) is 12.1. The predicted molar refractivity (Wildman–Crippen MR) is 46.4 cm³/mol.